The van der Waals surface area contributed by atoms with Gasteiger partial charge in [-0.1, -0.05) is 69.7 Å². The molecule has 1 N–H and O–H groups in total. The van der Waals surface area contributed by atoms with Crippen LogP contribution in [0, 0.1) is 12.8 Å². The lowest BCUT2D eigenvalue weighted by atomic mass is 10.1. The van der Waals surface area contributed by atoms with Crippen LogP contribution < -0.4 is 5.32 Å². The Kier molecular flexibility index (Phi) is 13.5. The summed E-state index contributed by atoms with van der Waals surface area (Å²) in [6.07, 6.45) is 0.881. The maximum absolute atomic E-state index is 11.8. The molecule has 1 aliphatic rings. The molecule has 1 saturated carbocycles. The minimum atomic E-state index is -0.535. The molecule has 2 aromatic rings. The van der Waals surface area contributed by atoms with E-state index in [9.17, 15) is 14.0 Å². The number of ether oxygens (including phenoxy) is 1. The number of amides is 1. The van der Waals surface area contributed by atoms with Crippen molar-refractivity contribution in [2.75, 3.05) is 11.9 Å². The van der Waals surface area contributed by atoms with Crippen LogP contribution in [0.5, 0.6) is 0 Å². The van der Waals surface area contributed by atoms with E-state index in [-0.39, 0.29) is 12.3 Å². The van der Waals surface area contributed by atoms with Crippen LogP contribution in [0.2, 0.25) is 0 Å². The number of hydrogen-bond acceptors (Lipinski definition) is 5. The number of anilines is 1. The Bertz CT molecular complexity index is 743. The Hall–Kier alpha value is -2.28. The molecule has 0 spiro atoms. The van der Waals surface area contributed by atoms with E-state index >= 15 is 0 Å². The van der Waals surface area contributed by atoms with Crippen molar-refractivity contribution in [1.82, 2.24) is 4.98 Å². The summed E-state index contributed by atoms with van der Waals surface area (Å²) in [6, 6.07) is 7.78. The van der Waals surface area contributed by atoms with Gasteiger partial charge in [-0.25, -0.2) is 14.2 Å². The third kappa shape index (κ3) is 9.17. The summed E-state index contributed by atoms with van der Waals surface area (Å²) < 4.78 is 16.4. The second-order valence-corrected chi connectivity index (χ2v) is 6.78. The highest BCUT2D eigenvalue weighted by Crippen LogP contribution is 2.33. The maximum atomic E-state index is 11.8. The van der Waals surface area contributed by atoms with Crippen LogP contribution in [0.1, 0.15) is 64.0 Å². The van der Waals surface area contributed by atoms with Gasteiger partial charge in [0.25, 0.3) is 0 Å². The molecule has 1 aromatic carbocycles. The lowest BCUT2D eigenvalue weighted by Crippen LogP contribution is -2.08. The average molecular weight is 425 g/mol. The molecule has 2 unspecified atom stereocenters. The van der Waals surface area contributed by atoms with E-state index in [0.29, 0.717) is 22.3 Å². The third-order valence-electron chi connectivity index (χ3n) is 3.56. The minimum absolute atomic E-state index is 0.139. The van der Waals surface area contributed by atoms with Gasteiger partial charge in [0.15, 0.2) is 5.69 Å². The van der Waals surface area contributed by atoms with E-state index in [1.807, 2.05) is 65.8 Å². The molecule has 0 bridgehead atoms. The van der Waals surface area contributed by atoms with E-state index in [1.54, 1.807) is 6.92 Å². The van der Waals surface area contributed by atoms with Gasteiger partial charge >= 0.3 is 5.97 Å². The van der Waals surface area contributed by atoms with Crippen molar-refractivity contribution in [3.8, 4) is 10.6 Å². The maximum Gasteiger partial charge on any atom is 0.360 e. The highest BCUT2D eigenvalue weighted by Gasteiger charge is 2.31. The third-order valence-corrected chi connectivity index (χ3v) is 4.60. The van der Waals surface area contributed by atoms with Gasteiger partial charge in [-0.15, -0.1) is 0 Å². The second kappa shape index (κ2) is 14.7. The lowest BCUT2D eigenvalue weighted by molar-refractivity contribution is -0.105. The van der Waals surface area contributed by atoms with E-state index in [2.05, 4.69) is 10.3 Å². The number of halogens is 1. The fourth-order valence-corrected chi connectivity index (χ4v) is 2.90. The number of nitrogens with one attached hydrogen (secondary N) is 1. The van der Waals surface area contributed by atoms with Crippen LogP contribution in [-0.2, 0) is 9.53 Å². The van der Waals surface area contributed by atoms with Gasteiger partial charge in [0.1, 0.15) is 16.2 Å². The molecule has 29 heavy (non-hydrogen) atoms. The molecule has 0 saturated heterocycles. The van der Waals surface area contributed by atoms with Crippen LogP contribution in [0.3, 0.4) is 0 Å². The van der Waals surface area contributed by atoms with Crippen LogP contribution >= 0.6 is 11.3 Å². The topological polar surface area (TPSA) is 68.3 Å². The van der Waals surface area contributed by atoms with E-state index in [4.69, 9.17) is 4.74 Å². The van der Waals surface area contributed by atoms with Gasteiger partial charge in [0.2, 0.25) is 6.41 Å². The van der Waals surface area contributed by atoms with Crippen LogP contribution in [0.15, 0.2) is 24.3 Å². The first-order valence-corrected chi connectivity index (χ1v) is 10.9. The highest BCUT2D eigenvalue weighted by atomic mass is 32.1. The molecule has 1 heterocycles. The average Bonchev–Trinajstić information content (AvgIpc) is 3.20. The Balaban J connectivity index is 0.000000732. The van der Waals surface area contributed by atoms with Crippen molar-refractivity contribution >= 4 is 28.7 Å². The van der Waals surface area contributed by atoms with Crippen LogP contribution in [0.25, 0.3) is 10.6 Å². The van der Waals surface area contributed by atoms with Crippen molar-refractivity contribution in [2.24, 2.45) is 5.92 Å². The van der Waals surface area contributed by atoms with Crippen molar-refractivity contribution in [3.63, 3.8) is 0 Å². The second-order valence-electron chi connectivity index (χ2n) is 5.78. The quantitative estimate of drug-likeness (QED) is 0.453. The Morgan fingerprint density at radius 2 is 1.93 bits per heavy atom. The van der Waals surface area contributed by atoms with E-state index in [1.165, 1.54) is 11.3 Å². The van der Waals surface area contributed by atoms with Gasteiger partial charge in [-0.3, -0.25) is 4.79 Å². The smallest absolute Gasteiger partial charge is 0.360 e. The van der Waals surface area contributed by atoms with Crippen molar-refractivity contribution in [2.45, 2.75) is 61.1 Å². The number of aryl methyl sites for hydroxylation is 1. The first-order valence-electron chi connectivity index (χ1n) is 10.1. The number of nitrogens with zero attached hydrogens (tertiary/aromatic N) is 1. The molecule has 2 atom stereocenters. The van der Waals surface area contributed by atoms with Crippen molar-refractivity contribution < 1.29 is 18.7 Å². The summed E-state index contributed by atoms with van der Waals surface area (Å²) >= 11 is 1.25. The number of alkyl halides is 1. The summed E-state index contributed by atoms with van der Waals surface area (Å²) in [6.45, 7) is 13.9. The number of hydrogen-bond donors (Lipinski definition) is 1. The largest absolute Gasteiger partial charge is 0.461 e. The summed E-state index contributed by atoms with van der Waals surface area (Å²) in [5.41, 5.74) is 2.14. The van der Waals surface area contributed by atoms with Crippen molar-refractivity contribution in [1.29, 1.82) is 0 Å². The molecular formula is C22H33FN2O3S. The Morgan fingerprint density at radius 1 is 1.34 bits per heavy atom. The van der Waals surface area contributed by atoms with Crippen LogP contribution in [0.4, 0.5) is 9.39 Å². The molecule has 162 valence electrons. The normalized spacial score (nSPS) is 15.9. The first kappa shape index (κ1) is 26.7. The zero-order valence-corrected chi connectivity index (χ0v) is 19.2. The first-order chi connectivity index (χ1) is 14.0. The molecule has 0 radical (unpaired) electrons. The van der Waals surface area contributed by atoms with E-state index < -0.39 is 12.1 Å². The molecular weight excluding hydrogens is 391 g/mol. The molecule has 5 nitrogen and oxygen atoms in total. The number of benzene rings is 1. The van der Waals surface area contributed by atoms with Gasteiger partial charge in [0.05, 0.1) is 6.61 Å². The summed E-state index contributed by atoms with van der Waals surface area (Å²) in [5.74, 6) is -0.151. The van der Waals surface area contributed by atoms with Crippen molar-refractivity contribution in [3.05, 3.63) is 35.5 Å². The monoisotopic (exact) mass is 424 g/mol. The molecule has 1 aromatic heterocycles. The summed E-state index contributed by atoms with van der Waals surface area (Å²) in [5, 5.41) is 3.56. The zero-order valence-electron chi connectivity index (χ0n) is 18.4. The number of thiazole rings is 1. The number of carbonyl (C=O) groups is 2. The Morgan fingerprint density at radius 3 is 2.38 bits per heavy atom. The zero-order chi connectivity index (χ0) is 22.4. The number of rotatable bonds is 5. The predicted molar refractivity (Wildman–Crippen MR) is 119 cm³/mol. The summed E-state index contributed by atoms with van der Waals surface area (Å²) in [4.78, 5) is 26.7. The minimum Gasteiger partial charge on any atom is -0.461 e. The molecule has 0 aliphatic heterocycles. The Labute approximate surface area is 177 Å². The molecule has 1 amide bonds. The van der Waals surface area contributed by atoms with E-state index in [0.717, 1.165) is 17.5 Å². The number of carbonyl (C=O) groups excluding carboxylic acids is 2. The molecule has 1 aliphatic carbocycles. The fourth-order valence-electron chi connectivity index (χ4n) is 1.99. The number of esters is 1. The van der Waals surface area contributed by atoms with Gasteiger partial charge in [-0.2, -0.15) is 0 Å². The number of aromatic nitrogens is 1. The lowest BCUT2D eigenvalue weighted by Gasteiger charge is -1.99. The molecule has 3 rings (SSSR count). The fraction of sp³-hybridized carbons (Fsp3) is 0.500. The summed E-state index contributed by atoms with van der Waals surface area (Å²) in [7, 11) is 0. The predicted octanol–water partition coefficient (Wildman–Crippen LogP) is 6.28. The SMILES string of the molecule is CC.CC.CC1CC1F.CCOC(=O)c1nc(-c2cccc(C)c2)sc1NC=O. The van der Waals surface area contributed by atoms with Gasteiger partial charge in [0, 0.05) is 5.56 Å². The molecule has 7 heteroatoms. The standard InChI is InChI=1S/C14H14N2O3S.C4H7F.2C2H6/c1-3-19-14(18)11-13(15-8-17)20-12(16-11)10-6-4-5-9(2)7-10;1-3-2-4(3)5;2*1-2/h4-8H,3H2,1-2H3,(H,15,17);3-4H,2H2,1H3;2*1-2H3. The van der Waals surface area contributed by atoms with Gasteiger partial charge < -0.3 is 10.1 Å². The van der Waals surface area contributed by atoms with Gasteiger partial charge in [-0.05, 0) is 32.3 Å². The highest BCUT2D eigenvalue weighted by molar-refractivity contribution is 7.19. The molecule has 1 fully saturated rings. The van der Waals surface area contributed by atoms with Crippen LogP contribution in [-0.4, -0.2) is 30.1 Å².